The lowest BCUT2D eigenvalue weighted by molar-refractivity contribution is -0.152. The van der Waals surface area contributed by atoms with Gasteiger partial charge in [-0.15, -0.1) is 0 Å². The number of rotatable bonds is 37. The highest BCUT2D eigenvalue weighted by molar-refractivity contribution is 7.47. The molecule has 9 nitrogen and oxygen atoms in total. The summed E-state index contributed by atoms with van der Waals surface area (Å²) < 4.78 is 32.9. The predicted octanol–water partition coefficient (Wildman–Crippen LogP) is 10.5. The van der Waals surface area contributed by atoms with E-state index < -0.39 is 25.9 Å². The first-order chi connectivity index (χ1) is 22.8. The Morgan fingerprint density at radius 2 is 0.851 bits per heavy atom. The lowest BCUT2D eigenvalue weighted by Crippen LogP contribution is -2.28. The van der Waals surface area contributed by atoms with Gasteiger partial charge in [0.05, 0.1) is 6.61 Å². The molecule has 0 aliphatic rings. The van der Waals surface area contributed by atoms with Crippen molar-refractivity contribution in [3.05, 3.63) is 0 Å². The molecule has 0 aliphatic heterocycles. The van der Waals surface area contributed by atoms with Crippen molar-refractivity contribution in [3.63, 3.8) is 0 Å². The molecule has 10 heteroatoms. The quantitative estimate of drug-likeness (QED) is 0.0371. The number of carbonyl (C=O) groups excluding carboxylic acids is 2. The van der Waals surface area contributed by atoms with Crippen LogP contribution in [-0.2, 0) is 32.7 Å². The first-order valence-electron chi connectivity index (χ1n) is 19.5. The maximum atomic E-state index is 12.3. The van der Waals surface area contributed by atoms with E-state index in [1.165, 1.54) is 128 Å². The summed E-state index contributed by atoms with van der Waals surface area (Å²) in [5.74, 6) is -0.814. The molecule has 0 aromatic carbocycles. The van der Waals surface area contributed by atoms with Gasteiger partial charge in [0.2, 0.25) is 0 Å². The summed E-state index contributed by atoms with van der Waals surface area (Å²) in [6, 6.07) is 0. The van der Waals surface area contributed by atoms with Crippen molar-refractivity contribution in [2.45, 2.75) is 200 Å². The number of carbonyl (C=O) groups is 2. The van der Waals surface area contributed by atoms with Gasteiger partial charge in [0.25, 0.3) is 0 Å². The van der Waals surface area contributed by atoms with Crippen LogP contribution in [0.1, 0.15) is 194 Å². The highest BCUT2D eigenvalue weighted by atomic mass is 31.2. The van der Waals surface area contributed by atoms with Crippen LogP contribution in [0.15, 0.2) is 0 Å². The Bertz CT molecular complexity index is 708. The molecular formula is C37H74NO8P. The number of esters is 2. The molecule has 0 fully saturated rings. The summed E-state index contributed by atoms with van der Waals surface area (Å²) in [4.78, 5) is 34.6. The minimum absolute atomic E-state index is 0.0425. The van der Waals surface area contributed by atoms with E-state index in [-0.39, 0.29) is 39.2 Å². The van der Waals surface area contributed by atoms with Gasteiger partial charge in [-0.3, -0.25) is 18.6 Å². The van der Waals surface area contributed by atoms with Gasteiger partial charge in [-0.1, -0.05) is 168 Å². The third-order valence-electron chi connectivity index (χ3n) is 8.48. The second-order valence-electron chi connectivity index (χ2n) is 13.2. The van der Waals surface area contributed by atoms with Crippen LogP contribution in [0.2, 0.25) is 0 Å². The first kappa shape index (κ1) is 46.0. The zero-order valence-electron chi connectivity index (χ0n) is 30.5. The van der Waals surface area contributed by atoms with Crippen molar-refractivity contribution in [2.24, 2.45) is 5.73 Å². The molecule has 0 aromatic heterocycles. The number of nitrogens with two attached hydrogens (primary N) is 1. The highest BCUT2D eigenvalue weighted by Gasteiger charge is 2.28. The summed E-state index contributed by atoms with van der Waals surface area (Å²) in [7, 11) is -4.45. The third kappa shape index (κ3) is 34.7. The van der Waals surface area contributed by atoms with Gasteiger partial charge in [0.15, 0.2) is 0 Å². The van der Waals surface area contributed by atoms with E-state index in [0.717, 1.165) is 38.5 Å². The fourth-order valence-corrected chi connectivity index (χ4v) is 6.48. The lowest BCUT2D eigenvalue weighted by atomic mass is 10.0. The van der Waals surface area contributed by atoms with Gasteiger partial charge in [0, 0.05) is 19.4 Å². The Labute approximate surface area is 288 Å². The molecule has 0 amide bonds. The SMILES string of the molecule is CCCCCCCCCCCCCCCC(=O)OCC(COC(=O)CCCCCCCCCCCCCCC)OP(=O)(O)OCCN. The summed E-state index contributed by atoms with van der Waals surface area (Å²) in [5, 5.41) is 0. The van der Waals surface area contributed by atoms with Gasteiger partial charge in [-0.05, 0) is 12.8 Å². The molecule has 0 aliphatic carbocycles. The van der Waals surface area contributed by atoms with E-state index in [9.17, 15) is 19.0 Å². The van der Waals surface area contributed by atoms with E-state index in [0.29, 0.717) is 0 Å². The fourth-order valence-electron chi connectivity index (χ4n) is 5.59. The number of hydrogen-bond acceptors (Lipinski definition) is 8. The second kappa shape index (κ2) is 34.9. The lowest BCUT2D eigenvalue weighted by Gasteiger charge is -2.20. The molecule has 3 N–H and O–H groups in total. The Kier molecular flexibility index (Phi) is 34.1. The molecule has 1 unspecified atom stereocenters. The number of phosphoric acid groups is 1. The van der Waals surface area contributed by atoms with Crippen LogP contribution in [0.3, 0.4) is 0 Å². The summed E-state index contributed by atoms with van der Waals surface area (Å²) in [6.45, 7) is 3.75. The largest absolute Gasteiger partial charge is 0.472 e. The van der Waals surface area contributed by atoms with Crippen LogP contribution in [0.25, 0.3) is 0 Å². The van der Waals surface area contributed by atoms with Crippen LogP contribution >= 0.6 is 7.82 Å². The molecular weight excluding hydrogens is 617 g/mol. The minimum Gasteiger partial charge on any atom is -0.463 e. The molecule has 0 saturated heterocycles. The van der Waals surface area contributed by atoms with Crippen molar-refractivity contribution in [2.75, 3.05) is 26.4 Å². The number of phosphoric ester groups is 1. The molecule has 280 valence electrons. The Balaban J connectivity index is 4.11. The molecule has 1 atom stereocenters. The van der Waals surface area contributed by atoms with E-state index in [1.54, 1.807) is 0 Å². The molecule has 0 radical (unpaired) electrons. The maximum Gasteiger partial charge on any atom is 0.472 e. The Hall–Kier alpha value is -0.990. The summed E-state index contributed by atoms with van der Waals surface area (Å²) in [6.07, 6.45) is 31.2. The molecule has 0 bridgehead atoms. The van der Waals surface area contributed by atoms with Crippen molar-refractivity contribution in [1.29, 1.82) is 0 Å². The number of unbranched alkanes of at least 4 members (excludes halogenated alkanes) is 24. The van der Waals surface area contributed by atoms with Crippen LogP contribution in [0, 0.1) is 0 Å². The first-order valence-corrected chi connectivity index (χ1v) is 21.0. The zero-order chi connectivity index (χ0) is 34.7. The van der Waals surface area contributed by atoms with E-state index in [2.05, 4.69) is 13.8 Å². The van der Waals surface area contributed by atoms with Gasteiger partial charge in [0.1, 0.15) is 19.3 Å². The zero-order valence-corrected chi connectivity index (χ0v) is 31.4. The topological polar surface area (TPSA) is 134 Å². The monoisotopic (exact) mass is 692 g/mol. The van der Waals surface area contributed by atoms with Crippen LogP contribution in [0.5, 0.6) is 0 Å². The predicted molar refractivity (Wildman–Crippen MR) is 192 cm³/mol. The molecule has 0 saturated carbocycles. The third-order valence-corrected chi connectivity index (χ3v) is 9.56. The summed E-state index contributed by atoms with van der Waals surface area (Å²) in [5.41, 5.74) is 5.36. The van der Waals surface area contributed by atoms with E-state index in [4.69, 9.17) is 24.3 Å². The number of ether oxygens (including phenoxy) is 2. The molecule has 0 rings (SSSR count). The van der Waals surface area contributed by atoms with Crippen LogP contribution in [0.4, 0.5) is 0 Å². The Morgan fingerprint density at radius 1 is 0.553 bits per heavy atom. The molecule has 0 spiro atoms. The van der Waals surface area contributed by atoms with E-state index >= 15 is 0 Å². The van der Waals surface area contributed by atoms with E-state index in [1.807, 2.05) is 0 Å². The molecule has 0 aromatic rings. The highest BCUT2D eigenvalue weighted by Crippen LogP contribution is 2.44. The Morgan fingerprint density at radius 3 is 1.15 bits per heavy atom. The van der Waals surface area contributed by atoms with Gasteiger partial charge in [-0.2, -0.15) is 0 Å². The fraction of sp³-hybridized carbons (Fsp3) is 0.946. The number of hydrogen-bond donors (Lipinski definition) is 2. The summed E-state index contributed by atoms with van der Waals surface area (Å²) >= 11 is 0. The van der Waals surface area contributed by atoms with Crippen molar-refractivity contribution < 1.29 is 37.6 Å². The molecule has 0 heterocycles. The average Bonchev–Trinajstić information content (AvgIpc) is 3.05. The van der Waals surface area contributed by atoms with Crippen molar-refractivity contribution in [1.82, 2.24) is 0 Å². The molecule has 47 heavy (non-hydrogen) atoms. The van der Waals surface area contributed by atoms with Crippen LogP contribution in [-0.4, -0.2) is 49.3 Å². The minimum atomic E-state index is -4.45. The normalized spacial score (nSPS) is 12.8. The second-order valence-corrected chi connectivity index (χ2v) is 14.6. The average molecular weight is 692 g/mol. The van der Waals surface area contributed by atoms with Gasteiger partial charge in [-0.25, -0.2) is 4.57 Å². The maximum absolute atomic E-state index is 12.3. The standard InChI is InChI=1S/C37H74NO8P/c1-3-5-7-9-11-13-15-17-19-21-23-25-27-29-36(39)43-33-35(46-47(41,42)45-32-31-38)34-44-37(40)30-28-26-24-22-20-18-16-14-12-10-8-6-4-2/h35H,3-34,38H2,1-2H3,(H,41,42). The van der Waals surface area contributed by atoms with Gasteiger partial charge >= 0.3 is 19.8 Å². The van der Waals surface area contributed by atoms with Crippen molar-refractivity contribution in [3.8, 4) is 0 Å². The van der Waals surface area contributed by atoms with Crippen LogP contribution < -0.4 is 5.73 Å². The van der Waals surface area contributed by atoms with Gasteiger partial charge < -0.3 is 20.1 Å². The van der Waals surface area contributed by atoms with Crippen molar-refractivity contribution >= 4 is 19.8 Å². The smallest absolute Gasteiger partial charge is 0.463 e.